The number of rotatable bonds is 3. The molecule has 0 unspecified atom stereocenters. The molecule has 90 valence electrons. The van der Waals surface area contributed by atoms with Crippen molar-refractivity contribution in [2.45, 2.75) is 13.0 Å². The third kappa shape index (κ3) is 2.65. The monoisotopic (exact) mass is 241 g/mol. The van der Waals surface area contributed by atoms with Crippen molar-refractivity contribution < 1.29 is 27.0 Å². The average molecular weight is 241 g/mol. The zero-order chi connectivity index (χ0) is 12.3. The van der Waals surface area contributed by atoms with Gasteiger partial charge >= 0.3 is 6.36 Å². The highest BCUT2D eigenvalue weighted by molar-refractivity contribution is 5.36. The van der Waals surface area contributed by atoms with E-state index in [-0.39, 0.29) is 5.56 Å². The van der Waals surface area contributed by atoms with Crippen LogP contribution in [0.15, 0.2) is 11.0 Å². The summed E-state index contributed by atoms with van der Waals surface area (Å²) in [6.07, 6.45) is -4.17. The Labute approximate surface area is 86.8 Å². The molecule has 16 heavy (non-hydrogen) atoms. The van der Waals surface area contributed by atoms with E-state index in [1.807, 2.05) is 4.98 Å². The van der Waals surface area contributed by atoms with Gasteiger partial charge in [0.15, 0.2) is 0 Å². The summed E-state index contributed by atoms with van der Waals surface area (Å²) in [6.45, 7) is -1.11. The fourth-order valence-corrected chi connectivity index (χ4v) is 1.01. The van der Waals surface area contributed by atoms with E-state index in [0.29, 0.717) is 0 Å². The van der Waals surface area contributed by atoms with Gasteiger partial charge in [0.1, 0.15) is 6.67 Å². The molecule has 0 aromatic carbocycles. The van der Waals surface area contributed by atoms with Crippen LogP contribution in [0.1, 0.15) is 5.56 Å². The number of hydrogen-bond acceptors (Lipinski definition) is 3. The lowest BCUT2D eigenvalue weighted by Gasteiger charge is -2.11. The molecule has 0 radical (unpaired) electrons. The molecule has 1 aromatic heterocycles. The van der Waals surface area contributed by atoms with Gasteiger partial charge in [-0.3, -0.25) is 4.79 Å². The number of alkyl halides is 4. The Morgan fingerprint density at radius 1 is 1.44 bits per heavy atom. The lowest BCUT2D eigenvalue weighted by Crippen LogP contribution is -2.21. The van der Waals surface area contributed by atoms with E-state index in [1.54, 1.807) is 0 Å². The molecule has 1 rings (SSSR count). The van der Waals surface area contributed by atoms with Gasteiger partial charge in [-0.15, -0.1) is 13.2 Å². The number of methoxy groups -OCH3 is 1. The first kappa shape index (κ1) is 12.3. The lowest BCUT2D eigenvalue weighted by molar-refractivity contribution is -0.276. The number of aromatic amines is 1. The van der Waals surface area contributed by atoms with E-state index in [2.05, 4.69) is 9.47 Å². The Bertz CT molecular complexity index is 426. The van der Waals surface area contributed by atoms with E-state index < -0.39 is 30.1 Å². The zero-order valence-corrected chi connectivity index (χ0v) is 8.02. The normalized spacial score (nSPS) is 11.3. The highest BCUT2D eigenvalue weighted by Gasteiger charge is 2.33. The summed E-state index contributed by atoms with van der Waals surface area (Å²) in [6, 6.07) is 0. The second-order valence-corrected chi connectivity index (χ2v) is 2.69. The van der Waals surface area contributed by atoms with Crippen LogP contribution in [0.4, 0.5) is 17.6 Å². The molecular formula is C8H7F4NO3. The molecular weight excluding hydrogens is 234 g/mol. The number of halogens is 4. The number of aromatic nitrogens is 1. The molecule has 8 heteroatoms. The quantitative estimate of drug-likeness (QED) is 0.820. The topological polar surface area (TPSA) is 51.3 Å². The molecule has 0 saturated heterocycles. The minimum absolute atomic E-state index is 0.341. The van der Waals surface area contributed by atoms with E-state index in [1.165, 1.54) is 0 Å². The largest absolute Gasteiger partial charge is 0.574 e. The Kier molecular flexibility index (Phi) is 3.41. The van der Waals surface area contributed by atoms with E-state index in [9.17, 15) is 22.4 Å². The van der Waals surface area contributed by atoms with Crippen LogP contribution in [0.2, 0.25) is 0 Å². The van der Waals surface area contributed by atoms with Crippen LogP contribution in [-0.2, 0) is 6.67 Å². The zero-order valence-electron chi connectivity index (χ0n) is 8.02. The smallest absolute Gasteiger partial charge is 0.488 e. The molecule has 0 saturated carbocycles. The molecule has 0 atom stereocenters. The molecule has 1 heterocycles. The van der Waals surface area contributed by atoms with Gasteiger partial charge < -0.3 is 14.5 Å². The minimum Gasteiger partial charge on any atom is -0.488 e. The van der Waals surface area contributed by atoms with Crippen LogP contribution in [0.25, 0.3) is 0 Å². The maximum Gasteiger partial charge on any atom is 0.574 e. The molecule has 0 amide bonds. The van der Waals surface area contributed by atoms with E-state index in [4.69, 9.17) is 0 Å². The summed E-state index contributed by atoms with van der Waals surface area (Å²) in [4.78, 5) is 13.3. The number of pyridine rings is 1. The van der Waals surface area contributed by atoms with Crippen molar-refractivity contribution in [2.24, 2.45) is 0 Å². The van der Waals surface area contributed by atoms with Crippen LogP contribution >= 0.6 is 0 Å². The first-order valence-corrected chi connectivity index (χ1v) is 3.99. The summed E-state index contributed by atoms with van der Waals surface area (Å²) in [5.41, 5.74) is -1.32. The SMILES string of the molecule is COc1c(OC(F)(F)F)[nH]cc(CF)c1=O. The Balaban J connectivity index is 3.21. The fraction of sp³-hybridized carbons (Fsp3) is 0.375. The molecule has 4 nitrogen and oxygen atoms in total. The average Bonchev–Trinajstić information content (AvgIpc) is 2.16. The molecule has 0 bridgehead atoms. The van der Waals surface area contributed by atoms with Crippen molar-refractivity contribution in [1.82, 2.24) is 4.98 Å². The Morgan fingerprint density at radius 3 is 2.50 bits per heavy atom. The Hall–Kier alpha value is -1.73. The summed E-state index contributed by atoms with van der Waals surface area (Å²) >= 11 is 0. The Morgan fingerprint density at radius 2 is 2.06 bits per heavy atom. The molecule has 0 aliphatic carbocycles. The molecule has 0 fully saturated rings. The highest BCUT2D eigenvalue weighted by Crippen LogP contribution is 2.27. The van der Waals surface area contributed by atoms with Gasteiger partial charge in [-0.25, -0.2) is 4.39 Å². The maximum atomic E-state index is 12.2. The number of H-pyrrole nitrogens is 1. The predicted molar refractivity (Wildman–Crippen MR) is 45.1 cm³/mol. The van der Waals surface area contributed by atoms with Gasteiger partial charge in [0, 0.05) is 6.20 Å². The summed E-state index contributed by atoms with van der Waals surface area (Å²) in [5, 5.41) is 0. The fourth-order valence-electron chi connectivity index (χ4n) is 1.01. The van der Waals surface area contributed by atoms with Crippen LogP contribution in [-0.4, -0.2) is 18.5 Å². The molecule has 0 spiro atoms. The third-order valence-corrected chi connectivity index (χ3v) is 1.65. The summed E-state index contributed by atoms with van der Waals surface area (Å²) in [7, 11) is 0.982. The third-order valence-electron chi connectivity index (χ3n) is 1.65. The van der Waals surface area contributed by atoms with Gasteiger partial charge in [-0.1, -0.05) is 0 Å². The van der Waals surface area contributed by atoms with Crippen molar-refractivity contribution in [3.63, 3.8) is 0 Å². The number of hydrogen-bond donors (Lipinski definition) is 1. The van der Waals surface area contributed by atoms with Crippen LogP contribution in [0.3, 0.4) is 0 Å². The van der Waals surface area contributed by atoms with Crippen molar-refractivity contribution >= 4 is 0 Å². The molecule has 1 N–H and O–H groups in total. The standard InChI is InChI=1S/C8H7F4NO3/c1-15-6-5(14)4(2-9)3-13-7(6)16-8(10,11)12/h3H,2H2,1H3,(H,13,14). The van der Waals surface area contributed by atoms with Gasteiger partial charge in [-0.2, -0.15) is 0 Å². The van der Waals surface area contributed by atoms with Crippen molar-refractivity contribution in [3.8, 4) is 11.6 Å². The molecule has 0 aliphatic heterocycles. The van der Waals surface area contributed by atoms with Crippen molar-refractivity contribution in [2.75, 3.05) is 7.11 Å². The van der Waals surface area contributed by atoms with Crippen LogP contribution < -0.4 is 14.9 Å². The highest BCUT2D eigenvalue weighted by atomic mass is 19.4. The van der Waals surface area contributed by atoms with Crippen LogP contribution in [0, 0.1) is 0 Å². The first-order chi connectivity index (χ1) is 7.39. The second-order valence-electron chi connectivity index (χ2n) is 2.69. The van der Waals surface area contributed by atoms with E-state index in [0.717, 1.165) is 13.3 Å². The summed E-state index contributed by atoms with van der Waals surface area (Å²) < 4.78 is 55.9. The van der Waals surface area contributed by atoms with Gasteiger partial charge in [-0.05, 0) is 0 Å². The van der Waals surface area contributed by atoms with Gasteiger partial charge in [0.05, 0.1) is 12.7 Å². The maximum absolute atomic E-state index is 12.2. The summed E-state index contributed by atoms with van der Waals surface area (Å²) in [5.74, 6) is -1.62. The van der Waals surface area contributed by atoms with Crippen molar-refractivity contribution in [3.05, 3.63) is 22.0 Å². The second kappa shape index (κ2) is 4.42. The van der Waals surface area contributed by atoms with Gasteiger partial charge in [0.25, 0.3) is 0 Å². The van der Waals surface area contributed by atoms with Crippen LogP contribution in [0.5, 0.6) is 11.6 Å². The minimum atomic E-state index is -4.96. The number of ether oxygens (including phenoxy) is 2. The van der Waals surface area contributed by atoms with Crippen molar-refractivity contribution in [1.29, 1.82) is 0 Å². The van der Waals surface area contributed by atoms with Gasteiger partial charge in [0.2, 0.25) is 17.1 Å². The lowest BCUT2D eigenvalue weighted by atomic mass is 10.3. The molecule has 0 aliphatic rings. The van der Waals surface area contributed by atoms with E-state index >= 15 is 0 Å². The molecule has 1 aromatic rings. The first-order valence-electron chi connectivity index (χ1n) is 3.99. The number of nitrogens with one attached hydrogen (secondary N) is 1. The predicted octanol–water partition coefficient (Wildman–Crippen LogP) is 1.75.